The fraction of sp³-hybridized carbons (Fsp3) is 0.300. The Balaban J connectivity index is 2.09. The third-order valence-electron chi connectivity index (χ3n) is 2.38. The molecular formula is C10H14N6O2S. The first-order valence-corrected chi connectivity index (χ1v) is 6.99. The van der Waals surface area contributed by atoms with Crippen LogP contribution in [0.25, 0.3) is 0 Å². The average Bonchev–Trinajstić information content (AvgIpc) is 2.82. The van der Waals surface area contributed by atoms with Crippen molar-refractivity contribution in [2.75, 3.05) is 0 Å². The molecule has 0 atom stereocenters. The van der Waals surface area contributed by atoms with Gasteiger partial charge in [-0.2, -0.15) is 5.10 Å². The molecule has 0 fully saturated rings. The van der Waals surface area contributed by atoms with Crippen LogP contribution in [0.4, 0.5) is 0 Å². The maximum absolute atomic E-state index is 11.9. The van der Waals surface area contributed by atoms with Crippen LogP contribution in [0.2, 0.25) is 0 Å². The summed E-state index contributed by atoms with van der Waals surface area (Å²) < 4.78 is 27.8. The number of nitrogens with zero attached hydrogens (tertiary/aromatic N) is 4. The highest BCUT2D eigenvalue weighted by molar-refractivity contribution is 7.89. The average molecular weight is 282 g/mol. The number of pyridine rings is 1. The van der Waals surface area contributed by atoms with Crippen molar-refractivity contribution >= 4 is 10.0 Å². The Morgan fingerprint density at radius 3 is 2.68 bits per heavy atom. The van der Waals surface area contributed by atoms with Gasteiger partial charge >= 0.3 is 0 Å². The van der Waals surface area contributed by atoms with Crippen molar-refractivity contribution in [2.24, 2.45) is 12.8 Å². The summed E-state index contributed by atoms with van der Waals surface area (Å²) >= 11 is 0. The largest absolute Gasteiger partial charge is 0.326 e. The van der Waals surface area contributed by atoms with Crippen LogP contribution < -0.4 is 10.5 Å². The zero-order valence-electron chi connectivity index (χ0n) is 10.3. The molecule has 0 aliphatic rings. The van der Waals surface area contributed by atoms with Crippen LogP contribution >= 0.6 is 0 Å². The van der Waals surface area contributed by atoms with E-state index in [4.69, 9.17) is 5.73 Å². The molecule has 2 aromatic heterocycles. The molecule has 0 unspecified atom stereocenters. The van der Waals surface area contributed by atoms with Crippen LogP contribution in [0.15, 0.2) is 29.7 Å². The Bertz CT molecular complexity index is 649. The minimum atomic E-state index is -3.67. The lowest BCUT2D eigenvalue weighted by atomic mass is 10.3. The van der Waals surface area contributed by atoms with E-state index >= 15 is 0 Å². The lowest BCUT2D eigenvalue weighted by molar-refractivity contribution is 0.574. The summed E-state index contributed by atoms with van der Waals surface area (Å²) in [5.41, 5.74) is 6.19. The molecule has 0 bridgehead atoms. The van der Waals surface area contributed by atoms with E-state index in [1.165, 1.54) is 23.3 Å². The molecule has 0 aromatic carbocycles. The van der Waals surface area contributed by atoms with Gasteiger partial charge in [0, 0.05) is 19.8 Å². The van der Waals surface area contributed by atoms with E-state index < -0.39 is 10.0 Å². The predicted octanol–water partition coefficient (Wildman–Crippen LogP) is -0.853. The van der Waals surface area contributed by atoms with Gasteiger partial charge in [-0.05, 0) is 11.6 Å². The number of rotatable bonds is 5. The fourth-order valence-corrected chi connectivity index (χ4v) is 2.29. The normalized spacial score (nSPS) is 11.7. The zero-order chi connectivity index (χ0) is 13.9. The van der Waals surface area contributed by atoms with Crippen LogP contribution in [0, 0.1) is 0 Å². The van der Waals surface area contributed by atoms with E-state index in [0.717, 1.165) is 5.56 Å². The highest BCUT2D eigenvalue weighted by Gasteiger charge is 2.16. The van der Waals surface area contributed by atoms with E-state index in [2.05, 4.69) is 19.8 Å². The second-order valence-electron chi connectivity index (χ2n) is 3.87. The smallest absolute Gasteiger partial charge is 0.258 e. The second-order valence-corrected chi connectivity index (χ2v) is 5.58. The molecule has 0 aliphatic carbocycles. The summed E-state index contributed by atoms with van der Waals surface area (Å²) in [4.78, 5) is 7.79. The third-order valence-corrected chi connectivity index (χ3v) is 3.69. The van der Waals surface area contributed by atoms with E-state index in [-0.39, 0.29) is 11.6 Å². The molecule has 0 saturated heterocycles. The van der Waals surface area contributed by atoms with E-state index in [9.17, 15) is 8.42 Å². The minimum Gasteiger partial charge on any atom is -0.326 e. The first-order chi connectivity index (χ1) is 9.01. The molecule has 0 amide bonds. The van der Waals surface area contributed by atoms with Crippen molar-refractivity contribution in [3.8, 4) is 0 Å². The Labute approximate surface area is 110 Å². The van der Waals surface area contributed by atoms with Gasteiger partial charge in [-0.3, -0.25) is 4.68 Å². The summed E-state index contributed by atoms with van der Waals surface area (Å²) in [5.74, 6) is 0.393. The van der Waals surface area contributed by atoms with Crippen molar-refractivity contribution in [1.29, 1.82) is 0 Å². The van der Waals surface area contributed by atoms with Gasteiger partial charge in [0.2, 0.25) is 0 Å². The van der Waals surface area contributed by atoms with Gasteiger partial charge in [-0.25, -0.2) is 23.1 Å². The summed E-state index contributed by atoms with van der Waals surface area (Å²) in [5, 5.41) is 3.92. The molecule has 0 spiro atoms. The van der Waals surface area contributed by atoms with Gasteiger partial charge in [-0.15, -0.1) is 0 Å². The molecule has 2 aromatic rings. The number of nitrogens with two attached hydrogens (primary N) is 1. The maximum Gasteiger partial charge on any atom is 0.258 e. The Morgan fingerprint density at radius 2 is 2.16 bits per heavy atom. The van der Waals surface area contributed by atoms with Crippen LogP contribution in [0.5, 0.6) is 0 Å². The number of aromatic nitrogens is 4. The lowest BCUT2D eigenvalue weighted by Crippen LogP contribution is -2.24. The molecule has 2 rings (SSSR count). The van der Waals surface area contributed by atoms with Gasteiger partial charge in [-0.1, -0.05) is 6.07 Å². The van der Waals surface area contributed by atoms with Gasteiger partial charge in [0.25, 0.3) is 10.0 Å². The highest BCUT2D eigenvalue weighted by Crippen LogP contribution is 2.06. The topological polar surface area (TPSA) is 116 Å². The SMILES string of the molecule is Cn1cnc(CNS(=O)(=O)c2ccc(CN)cn2)n1. The van der Waals surface area contributed by atoms with E-state index in [1.807, 2.05) is 0 Å². The van der Waals surface area contributed by atoms with Gasteiger partial charge < -0.3 is 5.73 Å². The molecule has 0 aliphatic heterocycles. The molecule has 9 heteroatoms. The number of hydrogen-bond donors (Lipinski definition) is 2. The Morgan fingerprint density at radius 1 is 1.37 bits per heavy atom. The Kier molecular flexibility index (Phi) is 3.88. The second kappa shape index (κ2) is 5.43. The minimum absolute atomic E-state index is 0.0174. The number of hydrogen-bond acceptors (Lipinski definition) is 6. The lowest BCUT2D eigenvalue weighted by Gasteiger charge is -2.04. The van der Waals surface area contributed by atoms with Crippen LogP contribution in [-0.4, -0.2) is 28.2 Å². The molecule has 102 valence electrons. The summed E-state index contributed by atoms with van der Waals surface area (Å²) in [7, 11) is -1.96. The van der Waals surface area contributed by atoms with Crippen molar-refractivity contribution in [1.82, 2.24) is 24.5 Å². The Hall–Kier alpha value is -1.84. The van der Waals surface area contributed by atoms with Crippen LogP contribution in [-0.2, 0) is 30.2 Å². The first-order valence-electron chi connectivity index (χ1n) is 5.50. The van der Waals surface area contributed by atoms with Crippen LogP contribution in [0.3, 0.4) is 0 Å². The molecule has 19 heavy (non-hydrogen) atoms. The van der Waals surface area contributed by atoms with Crippen molar-refractivity contribution in [2.45, 2.75) is 18.1 Å². The van der Waals surface area contributed by atoms with Crippen molar-refractivity contribution in [3.63, 3.8) is 0 Å². The summed E-state index contributed by atoms with van der Waals surface area (Å²) in [6, 6.07) is 3.04. The molecule has 2 heterocycles. The van der Waals surface area contributed by atoms with E-state index in [1.54, 1.807) is 13.1 Å². The number of nitrogens with one attached hydrogen (secondary N) is 1. The number of aryl methyl sites for hydroxylation is 1. The molecule has 0 radical (unpaired) electrons. The molecule has 0 saturated carbocycles. The van der Waals surface area contributed by atoms with Gasteiger partial charge in [0.15, 0.2) is 10.9 Å². The quantitative estimate of drug-likeness (QED) is 0.737. The molecular weight excluding hydrogens is 268 g/mol. The monoisotopic (exact) mass is 282 g/mol. The van der Waals surface area contributed by atoms with Gasteiger partial charge in [0.05, 0.1) is 6.54 Å². The van der Waals surface area contributed by atoms with Gasteiger partial charge in [0.1, 0.15) is 6.33 Å². The third kappa shape index (κ3) is 3.34. The van der Waals surface area contributed by atoms with Crippen molar-refractivity contribution in [3.05, 3.63) is 36.0 Å². The standard InChI is InChI=1S/C10H14N6O2S/c1-16-7-13-9(15-16)6-14-19(17,18)10-3-2-8(4-11)5-12-10/h2-3,5,7,14H,4,6,11H2,1H3. The van der Waals surface area contributed by atoms with E-state index in [0.29, 0.717) is 12.4 Å². The maximum atomic E-state index is 11.9. The predicted molar refractivity (Wildman–Crippen MR) is 67.2 cm³/mol. The fourth-order valence-electron chi connectivity index (χ4n) is 1.39. The summed E-state index contributed by atoms with van der Waals surface area (Å²) in [6.07, 6.45) is 2.94. The summed E-state index contributed by atoms with van der Waals surface area (Å²) in [6.45, 7) is 0.335. The molecule has 3 N–H and O–H groups in total. The molecule has 8 nitrogen and oxygen atoms in total. The highest BCUT2D eigenvalue weighted by atomic mass is 32.2. The van der Waals surface area contributed by atoms with Crippen LogP contribution in [0.1, 0.15) is 11.4 Å². The number of sulfonamides is 1. The zero-order valence-corrected chi connectivity index (χ0v) is 11.1. The first kappa shape index (κ1) is 13.6. The van der Waals surface area contributed by atoms with Crippen molar-refractivity contribution < 1.29 is 8.42 Å².